The number of halogens is 1. The molecule has 0 saturated carbocycles. The van der Waals surface area contributed by atoms with Gasteiger partial charge >= 0.3 is 0 Å². The average Bonchev–Trinajstić information content (AvgIpc) is 3.07. The van der Waals surface area contributed by atoms with Crippen molar-refractivity contribution in [2.24, 2.45) is 4.99 Å². The number of nitrogens with one attached hydrogen (secondary N) is 1. The van der Waals surface area contributed by atoms with Crippen LogP contribution >= 0.6 is 35.7 Å². The summed E-state index contributed by atoms with van der Waals surface area (Å²) in [5.74, 6) is 2.43. The highest BCUT2D eigenvalue weighted by atomic mass is 127. The van der Waals surface area contributed by atoms with Crippen LogP contribution in [0.3, 0.4) is 0 Å². The molecule has 1 unspecified atom stereocenters. The molecule has 0 aliphatic carbocycles. The fraction of sp³-hybridized carbons (Fsp3) is 0.600. The topological polar surface area (TPSA) is 47.9 Å². The maximum Gasteiger partial charge on any atom is 0.222 e. The lowest BCUT2D eigenvalue weighted by atomic mass is 10.1. The molecule has 1 aromatic rings. The molecule has 7 heteroatoms. The van der Waals surface area contributed by atoms with Crippen molar-refractivity contribution in [3.8, 4) is 0 Å². The molecular formula is C20H31IN4OS. The molecule has 1 N–H and O–H groups in total. The Morgan fingerprint density at radius 1 is 1.33 bits per heavy atom. The molecule has 2 aliphatic heterocycles. The van der Waals surface area contributed by atoms with E-state index < -0.39 is 0 Å². The number of nitrogens with zero attached hydrogens (tertiary/aromatic N) is 3. The van der Waals surface area contributed by atoms with E-state index in [0.29, 0.717) is 11.7 Å². The van der Waals surface area contributed by atoms with Crippen LogP contribution in [0.25, 0.3) is 0 Å². The van der Waals surface area contributed by atoms with Crippen LogP contribution in [-0.4, -0.2) is 59.4 Å². The number of guanidine groups is 1. The van der Waals surface area contributed by atoms with Gasteiger partial charge in [-0.3, -0.25) is 9.79 Å². The van der Waals surface area contributed by atoms with Crippen molar-refractivity contribution in [3.05, 3.63) is 35.4 Å². The first-order valence-electron chi connectivity index (χ1n) is 9.62. The lowest BCUT2D eigenvalue weighted by Crippen LogP contribution is -2.47. The van der Waals surface area contributed by atoms with E-state index in [4.69, 9.17) is 0 Å². The van der Waals surface area contributed by atoms with Crippen LogP contribution in [0.1, 0.15) is 37.3 Å². The molecule has 2 fully saturated rings. The number of aliphatic imine (C=N–C) groups is 1. The second-order valence-corrected chi connectivity index (χ2v) is 8.39. The molecule has 27 heavy (non-hydrogen) atoms. The molecule has 1 aromatic carbocycles. The zero-order valence-electron chi connectivity index (χ0n) is 16.3. The van der Waals surface area contributed by atoms with Gasteiger partial charge in [0.2, 0.25) is 5.91 Å². The zero-order valence-corrected chi connectivity index (χ0v) is 19.5. The molecule has 0 radical (unpaired) electrons. The van der Waals surface area contributed by atoms with Crippen molar-refractivity contribution in [1.82, 2.24) is 15.1 Å². The number of thioether (sulfide) groups is 1. The van der Waals surface area contributed by atoms with Crippen LogP contribution in [0.15, 0.2) is 29.3 Å². The Kier molecular flexibility index (Phi) is 9.21. The summed E-state index contributed by atoms with van der Waals surface area (Å²) in [4.78, 5) is 20.6. The zero-order chi connectivity index (χ0) is 18.4. The Balaban J connectivity index is 0.00000261. The minimum absolute atomic E-state index is 0. The number of hydrogen-bond acceptors (Lipinski definition) is 3. The Morgan fingerprint density at radius 3 is 2.85 bits per heavy atom. The van der Waals surface area contributed by atoms with E-state index in [1.165, 1.54) is 23.3 Å². The minimum Gasteiger partial charge on any atom is -0.352 e. The van der Waals surface area contributed by atoms with Gasteiger partial charge in [-0.1, -0.05) is 31.2 Å². The summed E-state index contributed by atoms with van der Waals surface area (Å²) >= 11 is 2.07. The molecule has 1 atom stereocenters. The van der Waals surface area contributed by atoms with E-state index >= 15 is 0 Å². The number of carbonyl (C=O) groups excluding carboxylic acids is 1. The molecule has 5 nitrogen and oxygen atoms in total. The van der Waals surface area contributed by atoms with E-state index in [-0.39, 0.29) is 29.9 Å². The van der Waals surface area contributed by atoms with Crippen molar-refractivity contribution in [1.29, 1.82) is 0 Å². The summed E-state index contributed by atoms with van der Waals surface area (Å²) in [6, 6.07) is 8.53. The smallest absolute Gasteiger partial charge is 0.222 e. The molecule has 2 heterocycles. The fourth-order valence-corrected chi connectivity index (χ4v) is 4.78. The van der Waals surface area contributed by atoms with Gasteiger partial charge in [-0.25, -0.2) is 0 Å². The van der Waals surface area contributed by atoms with Crippen LogP contribution in [0, 0.1) is 0 Å². The fourth-order valence-electron chi connectivity index (χ4n) is 3.60. The number of carbonyl (C=O) groups is 1. The van der Waals surface area contributed by atoms with Gasteiger partial charge in [0.25, 0.3) is 0 Å². The van der Waals surface area contributed by atoms with Crippen LogP contribution in [-0.2, 0) is 17.9 Å². The first kappa shape index (κ1) is 22.3. The quantitative estimate of drug-likeness (QED) is 0.381. The third-order valence-electron chi connectivity index (χ3n) is 5.09. The highest BCUT2D eigenvalue weighted by Crippen LogP contribution is 2.21. The predicted octanol–water partition coefficient (Wildman–Crippen LogP) is 3.33. The van der Waals surface area contributed by atoms with Gasteiger partial charge in [0.1, 0.15) is 0 Å². The molecule has 0 bridgehead atoms. The van der Waals surface area contributed by atoms with E-state index in [1.807, 2.05) is 11.9 Å². The van der Waals surface area contributed by atoms with Crippen molar-refractivity contribution < 1.29 is 4.79 Å². The molecule has 0 aromatic heterocycles. The first-order chi connectivity index (χ1) is 12.7. The molecule has 2 aliphatic rings. The lowest BCUT2D eigenvalue weighted by Gasteiger charge is -2.34. The van der Waals surface area contributed by atoms with Gasteiger partial charge < -0.3 is 15.1 Å². The van der Waals surface area contributed by atoms with Gasteiger partial charge in [-0.15, -0.1) is 24.0 Å². The minimum atomic E-state index is 0. The summed E-state index contributed by atoms with van der Waals surface area (Å²) in [5.41, 5.74) is 2.43. The summed E-state index contributed by atoms with van der Waals surface area (Å²) < 4.78 is 0. The highest BCUT2D eigenvalue weighted by molar-refractivity contribution is 14.0. The SMILES string of the molecule is CCC1CN(C(=NC)NCc2cccc(CN3CCCC3=O)c2)CCS1.I. The third-order valence-corrected chi connectivity index (χ3v) is 6.46. The second kappa shape index (κ2) is 11.1. The molecule has 2 saturated heterocycles. The van der Waals surface area contributed by atoms with Crippen LogP contribution in [0.5, 0.6) is 0 Å². The number of amides is 1. The van der Waals surface area contributed by atoms with Gasteiger partial charge in [0, 0.05) is 57.2 Å². The number of rotatable bonds is 5. The van der Waals surface area contributed by atoms with Crippen molar-refractivity contribution in [2.45, 2.75) is 44.5 Å². The largest absolute Gasteiger partial charge is 0.352 e. The van der Waals surface area contributed by atoms with Crippen molar-refractivity contribution in [2.75, 3.05) is 32.4 Å². The Bertz CT molecular complexity index is 655. The first-order valence-corrected chi connectivity index (χ1v) is 10.7. The summed E-state index contributed by atoms with van der Waals surface area (Å²) in [6.07, 6.45) is 2.89. The molecule has 150 valence electrons. The molecule has 3 rings (SSSR count). The molecular weight excluding hydrogens is 471 g/mol. The van der Waals surface area contributed by atoms with E-state index in [0.717, 1.165) is 45.1 Å². The second-order valence-electron chi connectivity index (χ2n) is 6.99. The maximum absolute atomic E-state index is 11.8. The number of hydrogen-bond donors (Lipinski definition) is 1. The summed E-state index contributed by atoms with van der Waals surface area (Å²) in [5, 5.41) is 4.21. The Morgan fingerprint density at radius 2 is 2.15 bits per heavy atom. The number of likely N-dealkylation sites (tertiary alicyclic amines) is 1. The standard InChI is InChI=1S/C20H30N4OS.HI/c1-3-18-15-24(10-11-26-18)20(21-2)22-13-16-6-4-7-17(12-16)14-23-9-5-8-19(23)25;/h4,6-7,12,18H,3,5,8-11,13-15H2,1-2H3,(H,21,22);1H. The average molecular weight is 502 g/mol. The molecule has 1 amide bonds. The summed E-state index contributed by atoms with van der Waals surface area (Å²) in [6.45, 7) is 6.75. The molecule has 0 spiro atoms. The van der Waals surface area contributed by atoms with Crippen LogP contribution < -0.4 is 5.32 Å². The lowest BCUT2D eigenvalue weighted by molar-refractivity contribution is -0.128. The van der Waals surface area contributed by atoms with E-state index in [9.17, 15) is 4.79 Å². The van der Waals surface area contributed by atoms with Crippen molar-refractivity contribution in [3.63, 3.8) is 0 Å². The monoisotopic (exact) mass is 502 g/mol. The Hall–Kier alpha value is -0.960. The normalized spacial score (nSPS) is 20.6. The van der Waals surface area contributed by atoms with Gasteiger partial charge in [-0.2, -0.15) is 11.8 Å². The van der Waals surface area contributed by atoms with E-state index in [2.05, 4.69) is 58.2 Å². The Labute approximate surface area is 184 Å². The van der Waals surface area contributed by atoms with Crippen molar-refractivity contribution >= 4 is 47.6 Å². The number of benzene rings is 1. The predicted molar refractivity (Wildman–Crippen MR) is 125 cm³/mol. The van der Waals surface area contributed by atoms with Gasteiger partial charge in [-0.05, 0) is 24.0 Å². The third kappa shape index (κ3) is 6.27. The summed E-state index contributed by atoms with van der Waals surface area (Å²) in [7, 11) is 1.86. The van der Waals surface area contributed by atoms with Gasteiger partial charge in [0.15, 0.2) is 5.96 Å². The highest BCUT2D eigenvalue weighted by Gasteiger charge is 2.22. The van der Waals surface area contributed by atoms with Crippen LogP contribution in [0.2, 0.25) is 0 Å². The van der Waals surface area contributed by atoms with E-state index in [1.54, 1.807) is 0 Å². The van der Waals surface area contributed by atoms with Gasteiger partial charge in [0.05, 0.1) is 0 Å². The maximum atomic E-state index is 11.8. The van der Waals surface area contributed by atoms with Crippen LogP contribution in [0.4, 0.5) is 0 Å².